The minimum atomic E-state index is -0.806. The van der Waals surface area contributed by atoms with Gasteiger partial charge in [0, 0.05) is 0 Å². The molecule has 3 N–H and O–H groups in total. The van der Waals surface area contributed by atoms with Crippen LogP contribution in [-0.4, -0.2) is 15.7 Å². The third kappa shape index (κ3) is 3.26. The number of halogens is 1. The van der Waals surface area contributed by atoms with Crippen LogP contribution in [0.5, 0.6) is 0 Å². The van der Waals surface area contributed by atoms with Crippen molar-refractivity contribution in [3.05, 3.63) is 77.4 Å². The zero-order valence-electron chi connectivity index (χ0n) is 14.0. The van der Waals surface area contributed by atoms with Crippen molar-refractivity contribution in [1.29, 1.82) is 5.26 Å². The summed E-state index contributed by atoms with van der Waals surface area (Å²) in [7, 11) is 0. The third-order valence-corrected chi connectivity index (χ3v) is 4.05. The van der Waals surface area contributed by atoms with E-state index in [-0.39, 0.29) is 0 Å². The van der Waals surface area contributed by atoms with Gasteiger partial charge in [0.15, 0.2) is 0 Å². The lowest BCUT2D eigenvalue weighted by Gasteiger charge is -2.17. The second kappa shape index (κ2) is 7.07. The molecule has 0 fully saturated rings. The van der Waals surface area contributed by atoms with Crippen molar-refractivity contribution in [3.8, 4) is 11.8 Å². The van der Waals surface area contributed by atoms with Gasteiger partial charge in [-0.1, -0.05) is 24.3 Å². The van der Waals surface area contributed by atoms with Gasteiger partial charge in [0.25, 0.3) is 0 Å². The van der Waals surface area contributed by atoms with Gasteiger partial charge in [-0.3, -0.25) is 4.79 Å². The SMILES string of the molecule is Cc1c(N[C@@H](C(N)=O)c2ccc(C#N)cc2)cnn1-c1ccccc1F. The summed E-state index contributed by atoms with van der Waals surface area (Å²) >= 11 is 0. The van der Waals surface area contributed by atoms with Crippen LogP contribution in [0, 0.1) is 24.1 Å². The lowest BCUT2D eigenvalue weighted by Crippen LogP contribution is -2.27. The van der Waals surface area contributed by atoms with Gasteiger partial charge in [-0.25, -0.2) is 9.07 Å². The van der Waals surface area contributed by atoms with E-state index < -0.39 is 17.8 Å². The number of nitrogens with zero attached hydrogens (tertiary/aromatic N) is 3. The summed E-state index contributed by atoms with van der Waals surface area (Å²) in [6.07, 6.45) is 1.52. The van der Waals surface area contributed by atoms with Crippen LogP contribution in [0.2, 0.25) is 0 Å². The number of rotatable bonds is 5. The number of nitrogens with one attached hydrogen (secondary N) is 1. The second-order valence-corrected chi connectivity index (χ2v) is 5.72. The molecule has 130 valence electrons. The Hall–Kier alpha value is -3.66. The van der Waals surface area contributed by atoms with Crippen molar-refractivity contribution < 1.29 is 9.18 Å². The highest BCUT2D eigenvalue weighted by Gasteiger charge is 2.20. The quantitative estimate of drug-likeness (QED) is 0.740. The molecule has 0 saturated carbocycles. The fraction of sp³-hybridized carbons (Fsp3) is 0.105. The number of carbonyl (C=O) groups is 1. The van der Waals surface area contributed by atoms with Gasteiger partial charge in [-0.15, -0.1) is 0 Å². The summed E-state index contributed by atoms with van der Waals surface area (Å²) in [6.45, 7) is 1.76. The highest BCUT2D eigenvalue weighted by Crippen LogP contribution is 2.25. The molecule has 7 heteroatoms. The molecule has 3 rings (SSSR count). The minimum absolute atomic E-state index is 0.312. The Balaban J connectivity index is 1.92. The molecule has 0 unspecified atom stereocenters. The predicted molar refractivity (Wildman–Crippen MR) is 95.0 cm³/mol. The Labute approximate surface area is 149 Å². The number of para-hydroxylation sites is 1. The fourth-order valence-corrected chi connectivity index (χ4v) is 2.64. The van der Waals surface area contributed by atoms with Gasteiger partial charge in [0.2, 0.25) is 5.91 Å². The number of primary amides is 1. The maximum atomic E-state index is 14.0. The van der Waals surface area contributed by atoms with Crippen molar-refractivity contribution >= 4 is 11.6 Å². The van der Waals surface area contributed by atoms with E-state index in [1.54, 1.807) is 49.4 Å². The molecule has 0 radical (unpaired) electrons. The maximum absolute atomic E-state index is 14.0. The summed E-state index contributed by atoms with van der Waals surface area (Å²) < 4.78 is 15.5. The van der Waals surface area contributed by atoms with Crippen molar-refractivity contribution in [2.45, 2.75) is 13.0 Å². The lowest BCUT2D eigenvalue weighted by atomic mass is 10.0. The molecule has 2 aromatic carbocycles. The molecule has 1 heterocycles. The van der Waals surface area contributed by atoms with Crippen molar-refractivity contribution in [1.82, 2.24) is 9.78 Å². The van der Waals surface area contributed by atoms with E-state index in [1.807, 2.05) is 6.07 Å². The van der Waals surface area contributed by atoms with E-state index in [2.05, 4.69) is 10.4 Å². The monoisotopic (exact) mass is 349 g/mol. The first-order valence-electron chi connectivity index (χ1n) is 7.86. The van der Waals surface area contributed by atoms with Crippen LogP contribution in [0.4, 0.5) is 10.1 Å². The smallest absolute Gasteiger partial charge is 0.244 e. The average Bonchev–Trinajstić information content (AvgIpc) is 3.00. The van der Waals surface area contributed by atoms with E-state index in [4.69, 9.17) is 11.0 Å². The highest BCUT2D eigenvalue weighted by atomic mass is 19.1. The molecule has 26 heavy (non-hydrogen) atoms. The van der Waals surface area contributed by atoms with Gasteiger partial charge >= 0.3 is 0 Å². The number of amides is 1. The molecular formula is C19H16FN5O. The van der Waals surface area contributed by atoms with Crippen LogP contribution in [0.3, 0.4) is 0 Å². The number of carbonyl (C=O) groups excluding carboxylic acids is 1. The van der Waals surface area contributed by atoms with Crippen LogP contribution >= 0.6 is 0 Å². The Morgan fingerprint density at radius 3 is 2.58 bits per heavy atom. The molecule has 1 atom stereocenters. The number of anilines is 1. The molecule has 6 nitrogen and oxygen atoms in total. The zero-order chi connectivity index (χ0) is 18.7. The summed E-state index contributed by atoms with van der Waals surface area (Å²) in [5.74, 6) is -0.975. The number of hydrogen-bond acceptors (Lipinski definition) is 4. The first-order valence-corrected chi connectivity index (χ1v) is 7.86. The van der Waals surface area contributed by atoms with Crippen molar-refractivity contribution in [3.63, 3.8) is 0 Å². The standard InChI is InChI=1S/C19H16FN5O/c1-12-16(11-23-25(12)17-5-3-2-4-15(17)20)24-18(19(22)26)14-8-6-13(10-21)7-9-14/h2-9,11,18,24H,1H3,(H2,22,26)/t18-/m1/s1. The summed E-state index contributed by atoms with van der Waals surface area (Å²) in [4.78, 5) is 11.9. The molecule has 0 saturated heterocycles. The Bertz CT molecular complexity index is 988. The highest BCUT2D eigenvalue weighted by molar-refractivity contribution is 5.84. The Kier molecular flexibility index (Phi) is 4.67. The minimum Gasteiger partial charge on any atom is -0.368 e. The molecule has 0 aliphatic heterocycles. The van der Waals surface area contributed by atoms with Gasteiger partial charge < -0.3 is 11.1 Å². The zero-order valence-corrected chi connectivity index (χ0v) is 14.0. The lowest BCUT2D eigenvalue weighted by molar-refractivity contribution is -0.118. The van der Waals surface area contributed by atoms with Crippen LogP contribution in [0.1, 0.15) is 22.9 Å². The number of nitrogens with two attached hydrogens (primary N) is 1. The largest absolute Gasteiger partial charge is 0.368 e. The van der Waals surface area contributed by atoms with Crippen molar-refractivity contribution in [2.75, 3.05) is 5.32 Å². The number of aromatic nitrogens is 2. The second-order valence-electron chi connectivity index (χ2n) is 5.72. The summed E-state index contributed by atoms with van der Waals surface area (Å²) in [5, 5.41) is 16.1. The first kappa shape index (κ1) is 17.2. The topological polar surface area (TPSA) is 96.7 Å². The average molecular weight is 349 g/mol. The van der Waals surface area contributed by atoms with Crippen LogP contribution in [-0.2, 0) is 4.79 Å². The van der Waals surface area contributed by atoms with Crippen LogP contribution in [0.15, 0.2) is 54.7 Å². The van der Waals surface area contributed by atoms with Crippen LogP contribution in [0.25, 0.3) is 5.69 Å². The summed E-state index contributed by atoms with van der Waals surface area (Å²) in [5.41, 5.74) is 8.14. The fourth-order valence-electron chi connectivity index (χ4n) is 2.64. The first-order chi connectivity index (χ1) is 12.5. The van der Waals surface area contributed by atoms with E-state index in [9.17, 15) is 9.18 Å². The van der Waals surface area contributed by atoms with E-state index in [1.165, 1.54) is 16.9 Å². The van der Waals surface area contributed by atoms with Gasteiger partial charge in [-0.05, 0) is 36.8 Å². The molecular weight excluding hydrogens is 333 g/mol. The molecule has 1 aromatic heterocycles. The Morgan fingerprint density at radius 2 is 1.96 bits per heavy atom. The van der Waals surface area contributed by atoms with Crippen LogP contribution < -0.4 is 11.1 Å². The molecule has 0 aliphatic carbocycles. The normalized spacial score (nSPS) is 11.6. The molecule has 1 amide bonds. The molecule has 0 aliphatic rings. The summed E-state index contributed by atoms with van der Waals surface area (Å²) in [6, 6.07) is 14.1. The molecule has 0 bridgehead atoms. The van der Waals surface area contributed by atoms with E-state index >= 15 is 0 Å². The number of benzene rings is 2. The van der Waals surface area contributed by atoms with E-state index in [0.717, 1.165) is 0 Å². The van der Waals surface area contributed by atoms with Crippen molar-refractivity contribution in [2.24, 2.45) is 5.73 Å². The van der Waals surface area contributed by atoms with Gasteiger partial charge in [0.1, 0.15) is 17.5 Å². The molecule has 0 spiro atoms. The van der Waals surface area contributed by atoms with Gasteiger partial charge in [0.05, 0.1) is 29.2 Å². The van der Waals surface area contributed by atoms with Gasteiger partial charge in [-0.2, -0.15) is 10.4 Å². The number of nitriles is 1. The predicted octanol–water partition coefficient (Wildman–Crippen LogP) is 2.83. The Morgan fingerprint density at radius 1 is 1.27 bits per heavy atom. The maximum Gasteiger partial charge on any atom is 0.244 e. The van der Waals surface area contributed by atoms with E-state index in [0.29, 0.717) is 28.2 Å². The third-order valence-electron chi connectivity index (χ3n) is 4.05. The number of hydrogen-bond donors (Lipinski definition) is 2. The molecule has 3 aromatic rings.